The summed E-state index contributed by atoms with van der Waals surface area (Å²) >= 11 is 3.97. The minimum Gasteiger partial charge on any atom is -0.143 e. The number of nitrogens with zero attached hydrogens (tertiary/aromatic N) is 2. The molecule has 0 atom stereocenters. The van der Waals surface area contributed by atoms with Gasteiger partial charge >= 0.3 is 0 Å². The van der Waals surface area contributed by atoms with Gasteiger partial charge in [0, 0.05) is 15.1 Å². The molecule has 0 amide bonds. The molecule has 0 aliphatic heterocycles. The molecule has 0 radical (unpaired) electrons. The van der Waals surface area contributed by atoms with E-state index in [1.807, 2.05) is 0 Å². The fourth-order valence-electron chi connectivity index (χ4n) is 1.18. The third-order valence-electron chi connectivity index (χ3n) is 2.03. The molecule has 0 saturated carbocycles. The van der Waals surface area contributed by atoms with Gasteiger partial charge in [-0.25, -0.2) is 0 Å². The molecule has 1 aromatic carbocycles. The van der Waals surface area contributed by atoms with Crippen molar-refractivity contribution in [2.75, 3.05) is 0 Å². The number of hydrogen-bond acceptors (Lipinski definition) is 3. The molecule has 0 bridgehead atoms. The highest BCUT2D eigenvalue weighted by Crippen LogP contribution is 2.27. The van der Waals surface area contributed by atoms with E-state index in [1.54, 1.807) is 11.3 Å². The monoisotopic (exact) mass is 330 g/mol. The normalized spacial score (nSPS) is 10.9. The van der Waals surface area contributed by atoms with Crippen molar-refractivity contribution in [3.63, 3.8) is 0 Å². The van der Waals surface area contributed by atoms with Crippen LogP contribution in [-0.4, -0.2) is 10.2 Å². The predicted octanol–water partition coefficient (Wildman–Crippen LogP) is 3.93. The Hall–Kier alpha value is -0.490. The highest BCUT2D eigenvalue weighted by molar-refractivity contribution is 14.1. The zero-order chi connectivity index (χ0) is 10.8. The van der Waals surface area contributed by atoms with Crippen LogP contribution in [0.4, 0.5) is 0 Å². The molecule has 0 saturated heterocycles. The number of halogens is 1. The zero-order valence-electron chi connectivity index (χ0n) is 8.57. The minimum atomic E-state index is 0.458. The van der Waals surface area contributed by atoms with E-state index in [-0.39, 0.29) is 0 Å². The number of rotatable bonds is 2. The Morgan fingerprint density at radius 2 is 1.80 bits per heavy atom. The summed E-state index contributed by atoms with van der Waals surface area (Å²) < 4.78 is 1.24. The molecule has 2 rings (SSSR count). The summed E-state index contributed by atoms with van der Waals surface area (Å²) in [5.41, 5.74) is 1.15. The summed E-state index contributed by atoms with van der Waals surface area (Å²) in [6.07, 6.45) is 0. The molecule has 0 fully saturated rings. The molecule has 1 heterocycles. The van der Waals surface area contributed by atoms with Gasteiger partial charge in [-0.2, -0.15) is 0 Å². The van der Waals surface area contributed by atoms with Gasteiger partial charge in [0.2, 0.25) is 0 Å². The van der Waals surface area contributed by atoms with E-state index in [4.69, 9.17) is 0 Å². The second kappa shape index (κ2) is 4.57. The van der Waals surface area contributed by atoms with Crippen molar-refractivity contribution in [1.29, 1.82) is 0 Å². The van der Waals surface area contributed by atoms with Gasteiger partial charge in [0.1, 0.15) is 10.0 Å². The third kappa shape index (κ3) is 2.55. The maximum absolute atomic E-state index is 4.20. The highest BCUT2D eigenvalue weighted by atomic mass is 127. The van der Waals surface area contributed by atoms with Gasteiger partial charge < -0.3 is 0 Å². The van der Waals surface area contributed by atoms with Crippen LogP contribution in [0.3, 0.4) is 0 Å². The first kappa shape index (κ1) is 11.0. The molecule has 2 aromatic rings. The van der Waals surface area contributed by atoms with Gasteiger partial charge in [-0.15, -0.1) is 10.2 Å². The first-order valence-corrected chi connectivity index (χ1v) is 6.65. The average Bonchev–Trinajstić information content (AvgIpc) is 2.68. The topological polar surface area (TPSA) is 25.8 Å². The highest BCUT2D eigenvalue weighted by Gasteiger charge is 2.08. The van der Waals surface area contributed by atoms with Crippen molar-refractivity contribution >= 4 is 33.9 Å². The van der Waals surface area contributed by atoms with Gasteiger partial charge in [-0.3, -0.25) is 0 Å². The Kier molecular flexibility index (Phi) is 3.35. The minimum absolute atomic E-state index is 0.458. The third-order valence-corrected chi connectivity index (χ3v) is 4.02. The lowest BCUT2D eigenvalue weighted by atomic mass is 10.2. The lowest BCUT2D eigenvalue weighted by Gasteiger charge is -1.95. The van der Waals surface area contributed by atoms with E-state index in [0.29, 0.717) is 5.92 Å². The van der Waals surface area contributed by atoms with Crippen molar-refractivity contribution in [1.82, 2.24) is 10.2 Å². The van der Waals surface area contributed by atoms with Crippen molar-refractivity contribution in [2.24, 2.45) is 0 Å². The summed E-state index contributed by atoms with van der Waals surface area (Å²) in [4.78, 5) is 0. The lowest BCUT2D eigenvalue weighted by Crippen LogP contribution is -1.83. The van der Waals surface area contributed by atoms with E-state index in [0.717, 1.165) is 15.6 Å². The van der Waals surface area contributed by atoms with Gasteiger partial charge in [-0.1, -0.05) is 37.3 Å². The quantitative estimate of drug-likeness (QED) is 0.780. The largest absolute Gasteiger partial charge is 0.147 e. The second-order valence-corrected chi connectivity index (χ2v) is 5.86. The second-order valence-electron chi connectivity index (χ2n) is 3.61. The molecule has 0 unspecified atom stereocenters. The maximum Gasteiger partial charge on any atom is 0.147 e. The van der Waals surface area contributed by atoms with Crippen molar-refractivity contribution < 1.29 is 0 Å². The van der Waals surface area contributed by atoms with Crippen LogP contribution in [0.15, 0.2) is 24.3 Å². The molecule has 0 N–H and O–H groups in total. The van der Waals surface area contributed by atoms with E-state index in [2.05, 4.69) is 70.9 Å². The summed E-state index contributed by atoms with van der Waals surface area (Å²) in [5.74, 6) is 0.458. The average molecular weight is 330 g/mol. The van der Waals surface area contributed by atoms with Crippen LogP contribution >= 0.6 is 33.9 Å². The molecule has 0 aliphatic carbocycles. The predicted molar refractivity (Wildman–Crippen MR) is 72.2 cm³/mol. The Balaban J connectivity index is 2.33. The van der Waals surface area contributed by atoms with Gasteiger partial charge in [-0.05, 0) is 34.7 Å². The lowest BCUT2D eigenvalue weighted by molar-refractivity contribution is 0.825. The van der Waals surface area contributed by atoms with Gasteiger partial charge in [0.15, 0.2) is 0 Å². The Morgan fingerprint density at radius 1 is 1.13 bits per heavy atom. The van der Waals surface area contributed by atoms with Gasteiger partial charge in [0.25, 0.3) is 0 Å². The fraction of sp³-hybridized carbons (Fsp3) is 0.273. The molecule has 0 aliphatic rings. The Bertz CT molecular complexity index is 448. The van der Waals surface area contributed by atoms with Crippen molar-refractivity contribution in [2.45, 2.75) is 19.8 Å². The molecule has 4 heteroatoms. The molecular weight excluding hydrogens is 319 g/mol. The van der Waals surface area contributed by atoms with Crippen LogP contribution in [0.5, 0.6) is 0 Å². The van der Waals surface area contributed by atoms with Gasteiger partial charge in [0.05, 0.1) is 0 Å². The van der Waals surface area contributed by atoms with E-state index < -0.39 is 0 Å². The molecule has 0 spiro atoms. The number of benzene rings is 1. The molecule has 78 valence electrons. The smallest absolute Gasteiger partial charge is 0.143 e. The maximum atomic E-state index is 4.20. The summed E-state index contributed by atoms with van der Waals surface area (Å²) in [5, 5.41) is 10.5. The van der Waals surface area contributed by atoms with Crippen LogP contribution in [0, 0.1) is 3.57 Å². The molecule has 2 nitrogen and oxygen atoms in total. The first-order valence-electron chi connectivity index (χ1n) is 4.76. The van der Waals surface area contributed by atoms with Crippen molar-refractivity contribution in [3.8, 4) is 10.6 Å². The number of aromatic nitrogens is 2. The molecule has 1 aromatic heterocycles. The SMILES string of the molecule is CC(C)c1nnc(-c2ccc(I)cc2)s1. The summed E-state index contributed by atoms with van der Waals surface area (Å²) in [6.45, 7) is 4.27. The first-order chi connectivity index (χ1) is 7.16. The zero-order valence-corrected chi connectivity index (χ0v) is 11.5. The van der Waals surface area contributed by atoms with E-state index in [9.17, 15) is 0 Å². The Morgan fingerprint density at radius 3 is 2.33 bits per heavy atom. The Labute approximate surface area is 107 Å². The standard InChI is InChI=1S/C11H11IN2S/c1-7(2)10-13-14-11(15-10)8-3-5-9(12)6-4-8/h3-7H,1-2H3. The number of hydrogen-bond donors (Lipinski definition) is 0. The van der Waals surface area contributed by atoms with Crippen LogP contribution in [0.25, 0.3) is 10.6 Å². The van der Waals surface area contributed by atoms with E-state index in [1.165, 1.54) is 3.57 Å². The van der Waals surface area contributed by atoms with Crippen LogP contribution in [-0.2, 0) is 0 Å². The van der Waals surface area contributed by atoms with Crippen LogP contribution < -0.4 is 0 Å². The summed E-state index contributed by atoms with van der Waals surface area (Å²) in [7, 11) is 0. The van der Waals surface area contributed by atoms with E-state index >= 15 is 0 Å². The summed E-state index contributed by atoms with van der Waals surface area (Å²) in [6, 6.07) is 8.36. The van der Waals surface area contributed by atoms with Crippen LogP contribution in [0.1, 0.15) is 24.8 Å². The fourth-order valence-corrected chi connectivity index (χ4v) is 2.39. The van der Waals surface area contributed by atoms with Crippen LogP contribution in [0.2, 0.25) is 0 Å². The molecular formula is C11H11IN2S. The molecule has 15 heavy (non-hydrogen) atoms. The van der Waals surface area contributed by atoms with Crippen molar-refractivity contribution in [3.05, 3.63) is 32.8 Å².